The van der Waals surface area contributed by atoms with Crippen molar-refractivity contribution >= 4 is 29.1 Å². The molecule has 1 aromatic carbocycles. The third-order valence-electron chi connectivity index (χ3n) is 3.40. The quantitative estimate of drug-likeness (QED) is 0.871. The highest BCUT2D eigenvalue weighted by atomic mass is 35.5. The third-order valence-corrected chi connectivity index (χ3v) is 3.89. The van der Waals surface area contributed by atoms with Crippen molar-refractivity contribution in [2.75, 3.05) is 13.1 Å². The van der Waals surface area contributed by atoms with Crippen molar-refractivity contribution in [3.8, 4) is 5.75 Å². The fraction of sp³-hybridized carbons (Fsp3) is 0.533. The molecule has 6 heteroatoms. The molecular formula is C15H20Cl2N2O2. The van der Waals surface area contributed by atoms with Gasteiger partial charge in [-0.1, -0.05) is 30.1 Å². The predicted molar refractivity (Wildman–Crippen MR) is 85.1 cm³/mol. The van der Waals surface area contributed by atoms with E-state index in [1.54, 1.807) is 6.07 Å². The van der Waals surface area contributed by atoms with Gasteiger partial charge in [-0.3, -0.25) is 4.79 Å². The van der Waals surface area contributed by atoms with Gasteiger partial charge in [0, 0.05) is 23.7 Å². The van der Waals surface area contributed by atoms with Gasteiger partial charge in [0.15, 0.2) is 6.10 Å². The Labute approximate surface area is 135 Å². The van der Waals surface area contributed by atoms with Crippen molar-refractivity contribution in [3.05, 3.63) is 27.7 Å². The van der Waals surface area contributed by atoms with Crippen LogP contribution in [0.3, 0.4) is 0 Å². The summed E-state index contributed by atoms with van der Waals surface area (Å²) in [5, 5.41) is 7.08. The van der Waals surface area contributed by atoms with E-state index < -0.39 is 6.10 Å². The van der Waals surface area contributed by atoms with E-state index in [1.165, 1.54) is 0 Å². The number of amides is 1. The van der Waals surface area contributed by atoms with Gasteiger partial charge in [0.2, 0.25) is 0 Å². The third kappa shape index (κ3) is 4.50. The summed E-state index contributed by atoms with van der Waals surface area (Å²) >= 11 is 12.3. The molecule has 1 heterocycles. The lowest BCUT2D eigenvalue weighted by Crippen LogP contribution is -2.36. The monoisotopic (exact) mass is 330 g/mol. The zero-order chi connectivity index (χ0) is 15.2. The Morgan fingerprint density at radius 1 is 1.38 bits per heavy atom. The summed E-state index contributed by atoms with van der Waals surface area (Å²) in [6.07, 6.45) is 2.14. The van der Waals surface area contributed by atoms with Crippen molar-refractivity contribution in [2.24, 2.45) is 0 Å². The maximum Gasteiger partial charge on any atom is 0.261 e. The summed E-state index contributed by atoms with van der Waals surface area (Å²) in [4.78, 5) is 12.0. The SMILES string of the molecule is CCNCc1cc(Cl)cc(Cl)c1OC1CCCCNC1=O. The van der Waals surface area contributed by atoms with E-state index in [2.05, 4.69) is 10.6 Å². The van der Waals surface area contributed by atoms with Crippen molar-refractivity contribution in [1.82, 2.24) is 10.6 Å². The molecule has 0 bridgehead atoms. The van der Waals surface area contributed by atoms with Gasteiger partial charge in [-0.2, -0.15) is 0 Å². The highest BCUT2D eigenvalue weighted by Gasteiger charge is 2.24. The minimum absolute atomic E-state index is 0.0760. The normalized spacial score (nSPS) is 19.0. The summed E-state index contributed by atoms with van der Waals surface area (Å²) in [6, 6.07) is 3.46. The van der Waals surface area contributed by atoms with Crippen LogP contribution in [-0.2, 0) is 11.3 Å². The Bertz CT molecular complexity index is 509. The average Bonchev–Trinajstić information content (AvgIpc) is 2.64. The molecule has 1 atom stereocenters. The maximum absolute atomic E-state index is 12.0. The molecule has 0 aromatic heterocycles. The molecule has 0 aliphatic carbocycles. The molecule has 0 saturated carbocycles. The Balaban J connectivity index is 2.22. The predicted octanol–water partition coefficient (Wildman–Crippen LogP) is 3.15. The molecule has 21 heavy (non-hydrogen) atoms. The second kappa shape index (κ2) is 7.87. The molecule has 1 unspecified atom stereocenters. The smallest absolute Gasteiger partial charge is 0.261 e. The van der Waals surface area contributed by atoms with E-state index in [-0.39, 0.29) is 5.91 Å². The summed E-state index contributed by atoms with van der Waals surface area (Å²) in [7, 11) is 0. The van der Waals surface area contributed by atoms with Crippen molar-refractivity contribution in [3.63, 3.8) is 0 Å². The van der Waals surface area contributed by atoms with Crippen molar-refractivity contribution in [1.29, 1.82) is 0 Å². The number of carbonyl (C=O) groups excluding carboxylic acids is 1. The second-order valence-electron chi connectivity index (χ2n) is 5.05. The van der Waals surface area contributed by atoms with Crippen LogP contribution in [0.1, 0.15) is 31.7 Å². The number of ether oxygens (including phenoxy) is 1. The molecule has 1 saturated heterocycles. The van der Waals surface area contributed by atoms with E-state index in [0.29, 0.717) is 35.3 Å². The van der Waals surface area contributed by atoms with Gasteiger partial charge in [-0.15, -0.1) is 0 Å². The molecule has 4 nitrogen and oxygen atoms in total. The minimum Gasteiger partial charge on any atom is -0.479 e. The molecule has 1 aliphatic rings. The fourth-order valence-corrected chi connectivity index (χ4v) is 2.88. The molecule has 116 valence electrons. The molecular weight excluding hydrogens is 311 g/mol. The van der Waals surface area contributed by atoms with Crippen molar-refractivity contribution in [2.45, 2.75) is 38.8 Å². The number of hydrogen-bond donors (Lipinski definition) is 2. The number of carbonyl (C=O) groups is 1. The summed E-state index contributed by atoms with van der Waals surface area (Å²) in [5.41, 5.74) is 0.867. The fourth-order valence-electron chi connectivity index (χ4n) is 2.30. The highest BCUT2D eigenvalue weighted by Crippen LogP contribution is 2.34. The molecule has 1 aromatic rings. The standard InChI is InChI=1S/C15H20Cl2N2O2/c1-2-18-9-10-7-11(16)8-12(17)14(10)21-13-5-3-4-6-19-15(13)20/h7-8,13,18H,2-6,9H2,1H3,(H,19,20). The van der Waals surface area contributed by atoms with Gasteiger partial charge in [0.25, 0.3) is 5.91 Å². The van der Waals surface area contributed by atoms with Crippen LogP contribution in [0.4, 0.5) is 0 Å². The molecule has 2 rings (SSSR count). The van der Waals surface area contributed by atoms with E-state index in [1.807, 2.05) is 13.0 Å². The van der Waals surface area contributed by atoms with E-state index in [4.69, 9.17) is 27.9 Å². The molecule has 1 amide bonds. The van der Waals surface area contributed by atoms with Gasteiger partial charge in [-0.25, -0.2) is 0 Å². The highest BCUT2D eigenvalue weighted by molar-refractivity contribution is 6.35. The largest absolute Gasteiger partial charge is 0.479 e. The number of nitrogens with one attached hydrogen (secondary N) is 2. The van der Waals surface area contributed by atoms with Gasteiger partial charge in [0.05, 0.1) is 5.02 Å². The van der Waals surface area contributed by atoms with Gasteiger partial charge >= 0.3 is 0 Å². The Morgan fingerprint density at radius 3 is 2.95 bits per heavy atom. The van der Waals surface area contributed by atoms with Gasteiger partial charge in [-0.05, 0) is 37.9 Å². The van der Waals surface area contributed by atoms with Crippen LogP contribution in [-0.4, -0.2) is 25.1 Å². The van der Waals surface area contributed by atoms with E-state index in [0.717, 1.165) is 24.9 Å². The molecule has 0 spiro atoms. The number of halogens is 2. The first-order chi connectivity index (χ1) is 10.1. The van der Waals surface area contributed by atoms with Crippen LogP contribution in [0.15, 0.2) is 12.1 Å². The topological polar surface area (TPSA) is 50.4 Å². The van der Waals surface area contributed by atoms with Crippen LogP contribution < -0.4 is 15.4 Å². The first-order valence-electron chi connectivity index (χ1n) is 7.24. The Kier molecular flexibility index (Phi) is 6.15. The van der Waals surface area contributed by atoms with E-state index in [9.17, 15) is 4.79 Å². The van der Waals surface area contributed by atoms with Crippen LogP contribution in [0.5, 0.6) is 5.75 Å². The van der Waals surface area contributed by atoms with Crippen LogP contribution >= 0.6 is 23.2 Å². The number of benzene rings is 1. The van der Waals surface area contributed by atoms with Crippen LogP contribution in [0, 0.1) is 0 Å². The average molecular weight is 331 g/mol. The minimum atomic E-state index is -0.494. The first kappa shape index (κ1) is 16.4. The first-order valence-corrected chi connectivity index (χ1v) is 8.00. The maximum atomic E-state index is 12.0. The van der Waals surface area contributed by atoms with Crippen LogP contribution in [0.2, 0.25) is 10.0 Å². The summed E-state index contributed by atoms with van der Waals surface area (Å²) in [5.74, 6) is 0.469. The zero-order valence-electron chi connectivity index (χ0n) is 12.0. The Hall–Kier alpha value is -0.970. The summed E-state index contributed by atoms with van der Waals surface area (Å²) in [6.45, 7) is 4.15. The lowest BCUT2D eigenvalue weighted by atomic mass is 10.1. The molecule has 0 radical (unpaired) electrons. The lowest BCUT2D eigenvalue weighted by Gasteiger charge is -2.20. The van der Waals surface area contributed by atoms with E-state index >= 15 is 0 Å². The molecule has 2 N–H and O–H groups in total. The Morgan fingerprint density at radius 2 is 2.19 bits per heavy atom. The summed E-state index contributed by atoms with van der Waals surface area (Å²) < 4.78 is 5.92. The molecule has 1 aliphatic heterocycles. The lowest BCUT2D eigenvalue weighted by molar-refractivity contribution is -0.127. The number of rotatable bonds is 5. The number of hydrogen-bond acceptors (Lipinski definition) is 3. The van der Waals surface area contributed by atoms with Gasteiger partial charge in [0.1, 0.15) is 5.75 Å². The molecule has 1 fully saturated rings. The van der Waals surface area contributed by atoms with Gasteiger partial charge < -0.3 is 15.4 Å². The second-order valence-corrected chi connectivity index (χ2v) is 5.89. The van der Waals surface area contributed by atoms with Crippen molar-refractivity contribution < 1.29 is 9.53 Å². The zero-order valence-corrected chi connectivity index (χ0v) is 13.6. The van der Waals surface area contributed by atoms with Crippen LogP contribution in [0.25, 0.3) is 0 Å².